The number of aliphatic hydroxyl groups excluding tert-OH is 1. The van der Waals surface area contributed by atoms with Crippen LogP contribution in [0.15, 0.2) is 0 Å². The first-order valence-electron chi connectivity index (χ1n) is 7.50. The Balaban J connectivity index is 2.50. The quantitative estimate of drug-likeness (QED) is 0.770. The first kappa shape index (κ1) is 15.0. The number of likely N-dealkylation sites (N-methyl/N-ethyl adjacent to an activating group) is 1. The van der Waals surface area contributed by atoms with Gasteiger partial charge in [0.2, 0.25) is 0 Å². The molecule has 2 nitrogen and oxygen atoms in total. The van der Waals surface area contributed by atoms with E-state index in [1.807, 2.05) is 0 Å². The topological polar surface area (TPSA) is 23.5 Å². The van der Waals surface area contributed by atoms with E-state index in [1.165, 1.54) is 25.7 Å². The molecule has 0 spiro atoms. The van der Waals surface area contributed by atoms with Gasteiger partial charge in [0.25, 0.3) is 0 Å². The molecule has 0 heterocycles. The molecule has 1 N–H and O–H groups in total. The number of hydrogen-bond acceptors (Lipinski definition) is 2. The summed E-state index contributed by atoms with van der Waals surface area (Å²) in [5, 5.41) is 10.2. The van der Waals surface area contributed by atoms with Gasteiger partial charge in [-0.2, -0.15) is 0 Å². The predicted octanol–water partition coefficient (Wildman–Crippen LogP) is 3.44. The predicted molar refractivity (Wildman–Crippen MR) is 74.2 cm³/mol. The molecular formula is C15H31NO. The zero-order valence-electron chi connectivity index (χ0n) is 12.2. The second-order valence-electron chi connectivity index (χ2n) is 5.91. The van der Waals surface area contributed by atoms with E-state index < -0.39 is 0 Å². The minimum atomic E-state index is -0.144. The average molecular weight is 241 g/mol. The fraction of sp³-hybridized carbons (Fsp3) is 1.00. The van der Waals surface area contributed by atoms with E-state index in [-0.39, 0.29) is 6.10 Å². The Labute approximate surface area is 107 Å². The van der Waals surface area contributed by atoms with Crippen LogP contribution in [0.4, 0.5) is 0 Å². The van der Waals surface area contributed by atoms with Gasteiger partial charge in [-0.05, 0) is 51.5 Å². The maximum atomic E-state index is 10.2. The molecule has 17 heavy (non-hydrogen) atoms. The van der Waals surface area contributed by atoms with E-state index in [0.29, 0.717) is 12.1 Å². The van der Waals surface area contributed by atoms with Crippen LogP contribution in [0, 0.1) is 5.92 Å². The van der Waals surface area contributed by atoms with Crippen molar-refractivity contribution >= 4 is 0 Å². The van der Waals surface area contributed by atoms with Gasteiger partial charge in [-0.25, -0.2) is 0 Å². The van der Waals surface area contributed by atoms with Gasteiger partial charge in [-0.3, -0.25) is 4.90 Å². The van der Waals surface area contributed by atoms with Crippen molar-refractivity contribution in [3.8, 4) is 0 Å². The second kappa shape index (κ2) is 7.38. The Bertz CT molecular complexity index is 199. The number of aliphatic hydroxyl groups is 1. The minimum absolute atomic E-state index is 0.144. The lowest BCUT2D eigenvalue weighted by molar-refractivity contribution is 0.0202. The average Bonchev–Trinajstić information content (AvgIpc) is 2.31. The lowest BCUT2D eigenvalue weighted by Gasteiger charge is -2.40. The Morgan fingerprint density at radius 2 is 1.76 bits per heavy atom. The van der Waals surface area contributed by atoms with Crippen LogP contribution in [-0.4, -0.2) is 35.2 Å². The fourth-order valence-electron chi connectivity index (χ4n) is 3.24. The maximum absolute atomic E-state index is 10.2. The van der Waals surface area contributed by atoms with Gasteiger partial charge in [0, 0.05) is 12.1 Å². The van der Waals surface area contributed by atoms with Crippen molar-refractivity contribution in [2.24, 2.45) is 5.92 Å². The van der Waals surface area contributed by atoms with E-state index >= 15 is 0 Å². The molecule has 2 heteroatoms. The summed E-state index contributed by atoms with van der Waals surface area (Å²) in [6, 6.07) is 1.05. The molecule has 2 unspecified atom stereocenters. The van der Waals surface area contributed by atoms with E-state index in [2.05, 4.69) is 32.7 Å². The number of nitrogens with zero attached hydrogens (tertiary/aromatic N) is 1. The Kier molecular flexibility index (Phi) is 6.50. The summed E-state index contributed by atoms with van der Waals surface area (Å²) in [5.74, 6) is 0.903. The molecule has 0 saturated heterocycles. The number of hydrogen-bond donors (Lipinski definition) is 1. The molecule has 0 bridgehead atoms. The molecule has 1 aliphatic carbocycles. The highest BCUT2D eigenvalue weighted by atomic mass is 16.3. The zero-order valence-corrected chi connectivity index (χ0v) is 12.2. The molecule has 1 aliphatic rings. The molecule has 0 aromatic rings. The van der Waals surface area contributed by atoms with Crippen molar-refractivity contribution in [3.05, 3.63) is 0 Å². The van der Waals surface area contributed by atoms with Crippen LogP contribution in [0.2, 0.25) is 0 Å². The van der Waals surface area contributed by atoms with Gasteiger partial charge >= 0.3 is 0 Å². The molecule has 102 valence electrons. The van der Waals surface area contributed by atoms with E-state index in [1.54, 1.807) is 0 Å². The van der Waals surface area contributed by atoms with E-state index in [0.717, 1.165) is 25.2 Å². The summed E-state index contributed by atoms with van der Waals surface area (Å²) in [6.45, 7) is 6.71. The highest BCUT2D eigenvalue weighted by Crippen LogP contribution is 2.28. The van der Waals surface area contributed by atoms with Crippen LogP contribution in [0.25, 0.3) is 0 Å². The Hall–Kier alpha value is -0.0800. The maximum Gasteiger partial charge on any atom is 0.0695 e. The van der Waals surface area contributed by atoms with Crippen molar-refractivity contribution in [1.29, 1.82) is 0 Å². The lowest BCUT2D eigenvalue weighted by atomic mass is 9.85. The van der Waals surface area contributed by atoms with Crippen molar-refractivity contribution in [2.45, 2.75) is 83.9 Å². The van der Waals surface area contributed by atoms with Gasteiger partial charge < -0.3 is 5.11 Å². The van der Waals surface area contributed by atoms with Crippen molar-refractivity contribution < 1.29 is 5.11 Å². The standard InChI is InChI=1S/C15H31NO/c1-5-7-15(17)14(6-2)16(4)13-10-8-12(3)9-11-13/h12-15,17H,5-11H2,1-4H3. The minimum Gasteiger partial charge on any atom is -0.391 e. The van der Waals surface area contributed by atoms with Crippen molar-refractivity contribution in [1.82, 2.24) is 4.90 Å². The molecule has 1 rings (SSSR count). The highest BCUT2D eigenvalue weighted by Gasteiger charge is 2.29. The summed E-state index contributed by atoms with van der Waals surface area (Å²) in [6.07, 6.45) is 8.27. The molecule has 0 aromatic heterocycles. The second-order valence-corrected chi connectivity index (χ2v) is 5.91. The smallest absolute Gasteiger partial charge is 0.0695 e. The third-order valence-electron chi connectivity index (χ3n) is 4.53. The van der Waals surface area contributed by atoms with Gasteiger partial charge in [0.15, 0.2) is 0 Å². The molecular weight excluding hydrogens is 210 g/mol. The third kappa shape index (κ3) is 4.26. The summed E-state index contributed by atoms with van der Waals surface area (Å²) in [4.78, 5) is 2.46. The van der Waals surface area contributed by atoms with Crippen LogP contribution in [0.3, 0.4) is 0 Å². The van der Waals surface area contributed by atoms with Gasteiger partial charge in [0.05, 0.1) is 6.10 Å². The van der Waals surface area contributed by atoms with Crippen LogP contribution in [0.1, 0.15) is 65.7 Å². The van der Waals surface area contributed by atoms with Gasteiger partial charge in [-0.1, -0.05) is 27.2 Å². The van der Waals surface area contributed by atoms with Crippen LogP contribution >= 0.6 is 0 Å². The fourth-order valence-corrected chi connectivity index (χ4v) is 3.24. The summed E-state index contributed by atoms with van der Waals surface area (Å²) < 4.78 is 0. The van der Waals surface area contributed by atoms with E-state index in [9.17, 15) is 5.11 Å². The van der Waals surface area contributed by atoms with Crippen molar-refractivity contribution in [3.63, 3.8) is 0 Å². The molecule has 0 aromatic carbocycles. The van der Waals surface area contributed by atoms with Crippen LogP contribution in [0.5, 0.6) is 0 Å². The molecule has 0 radical (unpaired) electrons. The molecule has 1 fully saturated rings. The summed E-state index contributed by atoms with van der Waals surface area (Å²) in [7, 11) is 2.22. The van der Waals surface area contributed by atoms with Crippen LogP contribution in [-0.2, 0) is 0 Å². The van der Waals surface area contributed by atoms with Crippen molar-refractivity contribution in [2.75, 3.05) is 7.05 Å². The summed E-state index contributed by atoms with van der Waals surface area (Å²) in [5.41, 5.74) is 0. The first-order chi connectivity index (χ1) is 8.10. The monoisotopic (exact) mass is 241 g/mol. The molecule has 1 saturated carbocycles. The zero-order chi connectivity index (χ0) is 12.8. The van der Waals surface area contributed by atoms with Gasteiger partial charge in [-0.15, -0.1) is 0 Å². The van der Waals surface area contributed by atoms with Crippen LogP contribution < -0.4 is 0 Å². The SMILES string of the molecule is CCCC(O)C(CC)N(C)C1CCC(C)CC1. The Morgan fingerprint density at radius 1 is 1.18 bits per heavy atom. The highest BCUT2D eigenvalue weighted by molar-refractivity contribution is 4.84. The van der Waals surface area contributed by atoms with Gasteiger partial charge in [0.1, 0.15) is 0 Å². The molecule has 2 atom stereocenters. The lowest BCUT2D eigenvalue weighted by Crippen LogP contribution is -2.47. The van der Waals surface area contributed by atoms with E-state index in [4.69, 9.17) is 0 Å². The largest absolute Gasteiger partial charge is 0.391 e. The first-order valence-corrected chi connectivity index (χ1v) is 7.50. The summed E-state index contributed by atoms with van der Waals surface area (Å²) >= 11 is 0. The molecule has 0 aliphatic heterocycles. The number of rotatable bonds is 6. The Morgan fingerprint density at radius 3 is 2.24 bits per heavy atom. The molecule has 0 amide bonds. The normalized spacial score (nSPS) is 29.3. The third-order valence-corrected chi connectivity index (χ3v) is 4.53.